The van der Waals surface area contributed by atoms with Crippen LogP contribution in [0.15, 0.2) is 48.0 Å². The first-order valence-electron chi connectivity index (χ1n) is 16.4. The lowest BCUT2D eigenvalue weighted by Crippen LogP contribution is -2.54. The lowest BCUT2D eigenvalue weighted by molar-refractivity contribution is -0.135. The predicted octanol–water partition coefficient (Wildman–Crippen LogP) is 8.04. The zero-order valence-corrected chi connectivity index (χ0v) is 26.3. The molecule has 3 saturated carbocycles. The van der Waals surface area contributed by atoms with E-state index in [1.807, 2.05) is 6.07 Å². The molecule has 2 aromatic rings. The molecule has 0 aromatic heterocycles. The van der Waals surface area contributed by atoms with Crippen molar-refractivity contribution in [1.82, 2.24) is 0 Å². The topological polar surface area (TPSA) is 80.4 Å². The van der Waals surface area contributed by atoms with Crippen molar-refractivity contribution in [2.24, 2.45) is 28.4 Å². The molecule has 4 nitrogen and oxygen atoms in total. The molecular formula is C38H49NO3. The Morgan fingerprint density at radius 1 is 0.929 bits per heavy atom. The standard InChI is InChI=1S/C20H29NO.C18H20O2/c1-13(2)14-6-8-16-15(12-14)7-9-17-19(16,3)10-5-11-20(17,4)18(21)22;1-18-9-8-14-13-5-3-12(19)10-11(13)2-4-15(14)16(18)6-7-17(18)20/h6,8,12-13,17H,5,7,9-11H2,1-4H3,(H2,21,22);3-5,10,14,16,19H,2,6-9H2,1H3. The molecule has 0 bridgehead atoms. The number of phenolic OH excluding ortho intramolecular Hbond substituents is 1. The number of aromatic hydroxyl groups is 1. The van der Waals surface area contributed by atoms with Gasteiger partial charge in [0.2, 0.25) is 5.91 Å². The van der Waals surface area contributed by atoms with Crippen molar-refractivity contribution in [2.45, 2.75) is 116 Å². The van der Waals surface area contributed by atoms with Gasteiger partial charge in [0.25, 0.3) is 0 Å². The second-order valence-electron chi connectivity index (χ2n) is 15.0. The van der Waals surface area contributed by atoms with Crippen molar-refractivity contribution in [1.29, 1.82) is 0 Å². The first kappa shape index (κ1) is 29.2. The minimum absolute atomic E-state index is 0.100. The third-order valence-electron chi connectivity index (χ3n) is 12.5. The minimum Gasteiger partial charge on any atom is -0.508 e. The normalized spacial score (nSPS) is 34.6. The zero-order chi connectivity index (χ0) is 30.0. The molecule has 224 valence electrons. The van der Waals surface area contributed by atoms with Crippen LogP contribution in [0, 0.1) is 22.7 Å². The Kier molecular flexibility index (Phi) is 7.22. The van der Waals surface area contributed by atoms with Crippen LogP contribution < -0.4 is 5.73 Å². The molecule has 0 saturated heterocycles. The summed E-state index contributed by atoms with van der Waals surface area (Å²) < 4.78 is 0. The molecule has 0 aliphatic heterocycles. The van der Waals surface area contributed by atoms with Crippen LogP contribution in [0.3, 0.4) is 0 Å². The van der Waals surface area contributed by atoms with Crippen LogP contribution in [0.4, 0.5) is 0 Å². The number of ketones is 1. The quantitative estimate of drug-likeness (QED) is 0.360. The van der Waals surface area contributed by atoms with Gasteiger partial charge in [-0.2, -0.15) is 0 Å². The number of fused-ring (bicyclic) bond motifs is 8. The molecule has 42 heavy (non-hydrogen) atoms. The molecule has 3 fully saturated rings. The Labute approximate surface area is 252 Å². The van der Waals surface area contributed by atoms with Gasteiger partial charge in [-0.15, -0.1) is 0 Å². The number of amides is 1. The van der Waals surface area contributed by atoms with Gasteiger partial charge < -0.3 is 10.8 Å². The number of phenols is 1. The molecule has 2 aromatic carbocycles. The highest BCUT2D eigenvalue weighted by Gasteiger charge is 2.54. The number of primary amides is 1. The van der Waals surface area contributed by atoms with Crippen molar-refractivity contribution in [3.63, 3.8) is 0 Å². The molecule has 0 radical (unpaired) electrons. The molecule has 7 rings (SSSR count). The highest BCUT2D eigenvalue weighted by molar-refractivity contribution is 5.88. The summed E-state index contributed by atoms with van der Waals surface area (Å²) in [6.45, 7) is 11.1. The predicted molar refractivity (Wildman–Crippen MR) is 169 cm³/mol. The van der Waals surface area contributed by atoms with Gasteiger partial charge >= 0.3 is 0 Å². The van der Waals surface area contributed by atoms with Crippen LogP contribution >= 0.6 is 0 Å². The second kappa shape index (κ2) is 10.4. The monoisotopic (exact) mass is 567 g/mol. The number of allylic oxidation sites excluding steroid dienone is 2. The lowest BCUT2D eigenvalue weighted by Gasteiger charge is -2.54. The van der Waals surface area contributed by atoms with Crippen LogP contribution in [0.25, 0.3) is 0 Å². The van der Waals surface area contributed by atoms with Crippen molar-refractivity contribution in [3.8, 4) is 5.75 Å². The minimum atomic E-state index is -0.346. The van der Waals surface area contributed by atoms with Gasteiger partial charge in [0.1, 0.15) is 11.5 Å². The van der Waals surface area contributed by atoms with Gasteiger partial charge in [0, 0.05) is 23.2 Å². The second-order valence-corrected chi connectivity index (χ2v) is 15.0. The highest BCUT2D eigenvalue weighted by atomic mass is 16.3. The van der Waals surface area contributed by atoms with E-state index in [0.717, 1.165) is 57.8 Å². The molecule has 4 heteroatoms. The Balaban J connectivity index is 0.000000151. The summed E-state index contributed by atoms with van der Waals surface area (Å²) in [6, 6.07) is 12.8. The van der Waals surface area contributed by atoms with E-state index >= 15 is 0 Å². The average molecular weight is 568 g/mol. The first-order chi connectivity index (χ1) is 19.9. The van der Waals surface area contributed by atoms with Gasteiger partial charge in [0.05, 0.1) is 0 Å². The fourth-order valence-corrected chi connectivity index (χ4v) is 9.90. The average Bonchev–Trinajstić information content (AvgIpc) is 3.26. The zero-order valence-electron chi connectivity index (χ0n) is 26.3. The van der Waals surface area contributed by atoms with E-state index in [0.29, 0.717) is 35.2 Å². The van der Waals surface area contributed by atoms with Crippen molar-refractivity contribution >= 4 is 11.7 Å². The van der Waals surface area contributed by atoms with E-state index < -0.39 is 0 Å². The van der Waals surface area contributed by atoms with Gasteiger partial charge in [-0.05, 0) is 114 Å². The third kappa shape index (κ3) is 4.47. The number of nitrogens with two attached hydrogens (primary N) is 1. The molecule has 5 aliphatic carbocycles. The van der Waals surface area contributed by atoms with Crippen LogP contribution in [0.1, 0.15) is 126 Å². The number of hydrogen-bond acceptors (Lipinski definition) is 3. The maximum atomic E-state index is 12.2. The molecule has 0 spiro atoms. The third-order valence-corrected chi connectivity index (χ3v) is 12.5. The Bertz CT molecular complexity index is 1450. The molecular weight excluding hydrogens is 518 g/mol. The van der Waals surface area contributed by atoms with Crippen molar-refractivity contribution in [3.05, 3.63) is 75.9 Å². The number of rotatable bonds is 2. The Morgan fingerprint density at radius 3 is 2.45 bits per heavy atom. The summed E-state index contributed by atoms with van der Waals surface area (Å²) in [7, 11) is 0. The summed E-state index contributed by atoms with van der Waals surface area (Å²) in [6.07, 6.45) is 12.5. The Hall–Kier alpha value is -2.88. The van der Waals surface area contributed by atoms with E-state index in [-0.39, 0.29) is 22.2 Å². The summed E-state index contributed by atoms with van der Waals surface area (Å²) in [5.74, 6) is 2.60. The van der Waals surface area contributed by atoms with Gasteiger partial charge in [-0.25, -0.2) is 0 Å². The molecule has 5 aliphatic rings. The maximum Gasteiger partial charge on any atom is 0.223 e. The van der Waals surface area contributed by atoms with Crippen LogP contribution in [0.2, 0.25) is 0 Å². The van der Waals surface area contributed by atoms with E-state index in [2.05, 4.69) is 65.0 Å². The van der Waals surface area contributed by atoms with Gasteiger partial charge in [0.15, 0.2) is 0 Å². The molecule has 0 heterocycles. The van der Waals surface area contributed by atoms with Crippen LogP contribution in [-0.2, 0) is 27.8 Å². The molecule has 6 atom stereocenters. The van der Waals surface area contributed by atoms with Crippen LogP contribution in [-0.4, -0.2) is 16.8 Å². The summed E-state index contributed by atoms with van der Waals surface area (Å²) in [5.41, 5.74) is 14.0. The largest absolute Gasteiger partial charge is 0.508 e. The lowest BCUT2D eigenvalue weighted by atomic mass is 9.49. The number of aryl methyl sites for hydroxylation is 1. The maximum absolute atomic E-state index is 12.2. The summed E-state index contributed by atoms with van der Waals surface area (Å²) >= 11 is 0. The van der Waals surface area contributed by atoms with Crippen molar-refractivity contribution in [2.75, 3.05) is 0 Å². The van der Waals surface area contributed by atoms with E-state index in [4.69, 9.17) is 5.73 Å². The summed E-state index contributed by atoms with van der Waals surface area (Å²) in [5, 5.41) is 9.64. The fraction of sp³-hybridized carbons (Fsp3) is 0.579. The SMILES string of the molecule is CC(C)c1ccc2c(c1)CCC1C(C)(C(N)=O)CCCC21C.CC12CCC3C(=CCc4cc(O)ccc43)C1CCC2=O. The first-order valence-corrected chi connectivity index (χ1v) is 16.4. The Morgan fingerprint density at radius 2 is 1.71 bits per heavy atom. The molecule has 1 amide bonds. The molecule has 3 N–H and O–H groups in total. The fourth-order valence-electron chi connectivity index (χ4n) is 9.90. The van der Waals surface area contributed by atoms with Crippen LogP contribution in [0.5, 0.6) is 5.75 Å². The van der Waals surface area contributed by atoms with E-state index in [1.165, 1.54) is 39.8 Å². The van der Waals surface area contributed by atoms with Gasteiger partial charge in [-0.3, -0.25) is 9.59 Å². The number of benzene rings is 2. The van der Waals surface area contributed by atoms with E-state index in [9.17, 15) is 14.7 Å². The van der Waals surface area contributed by atoms with E-state index in [1.54, 1.807) is 6.07 Å². The molecule has 6 unspecified atom stereocenters. The van der Waals surface area contributed by atoms with Crippen molar-refractivity contribution < 1.29 is 14.7 Å². The number of hydrogen-bond donors (Lipinski definition) is 2. The number of carbonyl (C=O) groups is 2. The number of Topliss-reactive ketones (excluding diaryl/α,β-unsaturated/α-hetero) is 1. The smallest absolute Gasteiger partial charge is 0.223 e. The summed E-state index contributed by atoms with van der Waals surface area (Å²) in [4.78, 5) is 24.4. The van der Waals surface area contributed by atoms with Gasteiger partial charge in [-0.1, -0.05) is 77.0 Å². The number of carbonyl (C=O) groups excluding carboxylic acids is 2. The highest BCUT2D eigenvalue weighted by Crippen LogP contribution is 2.59.